The van der Waals surface area contributed by atoms with Gasteiger partial charge in [-0.05, 0) is 25.5 Å². The fraction of sp³-hybridized carbons (Fsp3) is 0.600. The van der Waals surface area contributed by atoms with Gasteiger partial charge < -0.3 is 14.3 Å². The fourth-order valence-electron chi connectivity index (χ4n) is 1.65. The lowest BCUT2D eigenvalue weighted by atomic mass is 10.0. The van der Waals surface area contributed by atoms with Crippen molar-refractivity contribution in [3.63, 3.8) is 0 Å². The highest BCUT2D eigenvalue weighted by atomic mass is 16.5. The van der Waals surface area contributed by atoms with Crippen molar-refractivity contribution >= 4 is 0 Å². The Balaban J connectivity index is 2.07. The average Bonchev–Trinajstić information content (AvgIpc) is 2.72. The van der Waals surface area contributed by atoms with E-state index in [9.17, 15) is 5.11 Å². The first-order chi connectivity index (χ1) is 6.27. The first-order valence-corrected chi connectivity index (χ1v) is 4.59. The molecule has 0 aliphatic carbocycles. The van der Waals surface area contributed by atoms with Gasteiger partial charge in [0.05, 0.1) is 6.61 Å². The monoisotopic (exact) mass is 182 g/mol. The highest BCUT2D eigenvalue weighted by molar-refractivity contribution is 5.09. The minimum absolute atomic E-state index is 0.200. The minimum Gasteiger partial charge on any atom is -0.464 e. The van der Waals surface area contributed by atoms with Crippen LogP contribution >= 0.6 is 0 Å². The number of furan rings is 1. The number of aryl methyl sites for hydroxylation is 1. The predicted octanol–water partition coefficient (Wildman–Crippen LogP) is 1.66. The topological polar surface area (TPSA) is 42.6 Å². The van der Waals surface area contributed by atoms with Gasteiger partial charge in [0.2, 0.25) is 0 Å². The van der Waals surface area contributed by atoms with Gasteiger partial charge in [-0.2, -0.15) is 0 Å². The Morgan fingerprint density at radius 3 is 2.92 bits per heavy atom. The average molecular weight is 182 g/mol. The van der Waals surface area contributed by atoms with Gasteiger partial charge >= 0.3 is 0 Å². The molecule has 3 heteroatoms. The van der Waals surface area contributed by atoms with Crippen LogP contribution < -0.4 is 0 Å². The van der Waals surface area contributed by atoms with Gasteiger partial charge in [0.15, 0.2) is 0 Å². The Hall–Kier alpha value is -0.800. The molecule has 1 aliphatic heterocycles. The van der Waals surface area contributed by atoms with Gasteiger partial charge in [0.25, 0.3) is 0 Å². The number of rotatable bonds is 2. The summed E-state index contributed by atoms with van der Waals surface area (Å²) in [5.41, 5.74) is 0. The van der Waals surface area contributed by atoms with Crippen LogP contribution in [0.1, 0.15) is 24.0 Å². The smallest absolute Gasteiger partial charge is 0.133 e. The molecule has 3 nitrogen and oxygen atoms in total. The van der Waals surface area contributed by atoms with E-state index in [4.69, 9.17) is 9.15 Å². The van der Waals surface area contributed by atoms with Gasteiger partial charge in [0, 0.05) is 12.5 Å². The van der Waals surface area contributed by atoms with Crippen LogP contribution in [-0.2, 0) is 4.74 Å². The van der Waals surface area contributed by atoms with E-state index >= 15 is 0 Å². The molecular weight excluding hydrogens is 168 g/mol. The minimum atomic E-state index is -0.504. The molecule has 2 rings (SSSR count). The summed E-state index contributed by atoms with van der Waals surface area (Å²) in [6.45, 7) is 3.27. The van der Waals surface area contributed by atoms with Crippen LogP contribution in [0.2, 0.25) is 0 Å². The molecule has 2 atom stereocenters. The Morgan fingerprint density at radius 2 is 2.38 bits per heavy atom. The molecule has 1 aromatic rings. The Morgan fingerprint density at radius 1 is 1.54 bits per heavy atom. The van der Waals surface area contributed by atoms with E-state index in [1.807, 2.05) is 19.1 Å². The molecular formula is C10H14O3. The standard InChI is InChI=1S/C10H14O3/c1-7-2-3-9(13-7)10(11)8-4-5-12-6-8/h2-3,8,10-11H,4-6H2,1H3. The zero-order valence-corrected chi connectivity index (χ0v) is 7.69. The van der Waals surface area contributed by atoms with Crippen molar-refractivity contribution in [3.8, 4) is 0 Å². The van der Waals surface area contributed by atoms with Crippen LogP contribution in [0.15, 0.2) is 16.5 Å². The fourth-order valence-corrected chi connectivity index (χ4v) is 1.65. The van der Waals surface area contributed by atoms with E-state index in [2.05, 4.69) is 0 Å². The van der Waals surface area contributed by atoms with Crippen molar-refractivity contribution < 1.29 is 14.3 Å². The van der Waals surface area contributed by atoms with Crippen LogP contribution in [0.3, 0.4) is 0 Å². The first-order valence-electron chi connectivity index (χ1n) is 4.59. The van der Waals surface area contributed by atoms with Crippen molar-refractivity contribution in [2.45, 2.75) is 19.4 Å². The number of aliphatic hydroxyl groups excluding tert-OH is 1. The van der Waals surface area contributed by atoms with E-state index < -0.39 is 6.10 Å². The Kier molecular flexibility index (Phi) is 2.38. The second-order valence-corrected chi connectivity index (χ2v) is 3.52. The number of aliphatic hydroxyl groups is 1. The largest absolute Gasteiger partial charge is 0.464 e. The first kappa shape index (κ1) is 8.78. The molecule has 0 spiro atoms. The van der Waals surface area contributed by atoms with Crippen LogP contribution in [0.5, 0.6) is 0 Å². The highest BCUT2D eigenvalue weighted by Gasteiger charge is 2.27. The van der Waals surface area contributed by atoms with Crippen LogP contribution in [-0.4, -0.2) is 18.3 Å². The summed E-state index contributed by atoms with van der Waals surface area (Å²) in [4.78, 5) is 0. The molecule has 1 saturated heterocycles. The van der Waals surface area contributed by atoms with E-state index in [-0.39, 0.29) is 5.92 Å². The van der Waals surface area contributed by atoms with Gasteiger partial charge in [-0.15, -0.1) is 0 Å². The highest BCUT2D eigenvalue weighted by Crippen LogP contribution is 2.29. The van der Waals surface area contributed by atoms with E-state index in [1.165, 1.54) is 0 Å². The number of hydrogen-bond donors (Lipinski definition) is 1. The summed E-state index contributed by atoms with van der Waals surface area (Å²) in [7, 11) is 0. The van der Waals surface area contributed by atoms with E-state index in [0.29, 0.717) is 12.4 Å². The summed E-state index contributed by atoms with van der Waals surface area (Å²) < 4.78 is 10.6. The molecule has 1 aromatic heterocycles. The third-order valence-electron chi connectivity index (χ3n) is 2.46. The van der Waals surface area contributed by atoms with Gasteiger partial charge in [0.1, 0.15) is 17.6 Å². The summed E-state index contributed by atoms with van der Waals surface area (Å²) >= 11 is 0. The Bertz CT molecular complexity index is 273. The number of ether oxygens (including phenoxy) is 1. The zero-order chi connectivity index (χ0) is 9.26. The third kappa shape index (κ3) is 1.76. The SMILES string of the molecule is Cc1ccc(C(O)C2CCOC2)o1. The van der Waals surface area contributed by atoms with Gasteiger partial charge in [-0.3, -0.25) is 0 Å². The molecule has 0 saturated carbocycles. The van der Waals surface area contributed by atoms with Crippen LogP contribution in [0.4, 0.5) is 0 Å². The summed E-state index contributed by atoms with van der Waals surface area (Å²) in [5.74, 6) is 1.70. The molecule has 0 bridgehead atoms. The number of hydrogen-bond acceptors (Lipinski definition) is 3. The maximum absolute atomic E-state index is 9.86. The second-order valence-electron chi connectivity index (χ2n) is 3.52. The summed E-state index contributed by atoms with van der Waals surface area (Å²) in [6, 6.07) is 3.70. The molecule has 2 unspecified atom stereocenters. The normalized spacial score (nSPS) is 24.9. The quantitative estimate of drug-likeness (QED) is 0.756. The molecule has 0 radical (unpaired) electrons. The molecule has 1 fully saturated rings. The van der Waals surface area contributed by atoms with Gasteiger partial charge in [-0.1, -0.05) is 0 Å². The lowest BCUT2D eigenvalue weighted by Crippen LogP contribution is -2.11. The molecule has 72 valence electrons. The molecule has 0 amide bonds. The maximum atomic E-state index is 9.86. The van der Waals surface area contributed by atoms with Gasteiger partial charge in [-0.25, -0.2) is 0 Å². The summed E-state index contributed by atoms with van der Waals surface area (Å²) in [5, 5.41) is 9.86. The molecule has 0 aromatic carbocycles. The van der Waals surface area contributed by atoms with Crippen molar-refractivity contribution in [2.75, 3.05) is 13.2 Å². The van der Waals surface area contributed by atoms with Crippen molar-refractivity contribution in [3.05, 3.63) is 23.7 Å². The van der Waals surface area contributed by atoms with E-state index in [1.54, 1.807) is 0 Å². The second kappa shape index (κ2) is 3.52. The predicted molar refractivity (Wildman–Crippen MR) is 47.3 cm³/mol. The maximum Gasteiger partial charge on any atom is 0.133 e. The summed E-state index contributed by atoms with van der Waals surface area (Å²) in [6.07, 6.45) is 0.414. The lowest BCUT2D eigenvalue weighted by Gasteiger charge is -2.13. The lowest BCUT2D eigenvalue weighted by molar-refractivity contribution is 0.0732. The molecule has 13 heavy (non-hydrogen) atoms. The van der Waals surface area contributed by atoms with Crippen molar-refractivity contribution in [1.29, 1.82) is 0 Å². The van der Waals surface area contributed by atoms with E-state index in [0.717, 1.165) is 18.8 Å². The van der Waals surface area contributed by atoms with Crippen molar-refractivity contribution in [1.82, 2.24) is 0 Å². The van der Waals surface area contributed by atoms with Crippen LogP contribution in [0.25, 0.3) is 0 Å². The molecule has 1 aliphatic rings. The molecule has 1 N–H and O–H groups in total. The van der Waals surface area contributed by atoms with Crippen LogP contribution in [0, 0.1) is 12.8 Å². The third-order valence-corrected chi connectivity index (χ3v) is 2.46. The molecule has 2 heterocycles. The Labute approximate surface area is 77.3 Å². The van der Waals surface area contributed by atoms with Crippen molar-refractivity contribution in [2.24, 2.45) is 5.92 Å². The zero-order valence-electron chi connectivity index (χ0n) is 7.69.